The van der Waals surface area contributed by atoms with E-state index in [1.54, 1.807) is 0 Å². The number of halogens is 1. The summed E-state index contributed by atoms with van der Waals surface area (Å²) in [4.78, 5) is 15.3. The van der Waals surface area contributed by atoms with Crippen molar-refractivity contribution in [3.63, 3.8) is 0 Å². The van der Waals surface area contributed by atoms with Crippen molar-refractivity contribution in [2.75, 3.05) is 5.32 Å². The van der Waals surface area contributed by atoms with Gasteiger partial charge >= 0.3 is 0 Å². The molecule has 0 spiro atoms. The van der Waals surface area contributed by atoms with E-state index in [1.165, 1.54) is 12.3 Å². The third-order valence-electron chi connectivity index (χ3n) is 2.55. The molecule has 1 aliphatic heterocycles. The number of ether oxygens (including phenoxy) is 1. The summed E-state index contributed by atoms with van der Waals surface area (Å²) in [6, 6.07) is 1.42. The van der Waals surface area contributed by atoms with Gasteiger partial charge in [0.25, 0.3) is 5.91 Å². The second-order valence-corrected chi connectivity index (χ2v) is 3.86. The molecule has 2 atom stereocenters. The van der Waals surface area contributed by atoms with Gasteiger partial charge in [0.2, 0.25) is 0 Å². The molecule has 1 aromatic heterocycles. The highest BCUT2D eigenvalue weighted by molar-refractivity contribution is 5.94. The Kier molecular flexibility index (Phi) is 3.14. The van der Waals surface area contributed by atoms with Gasteiger partial charge in [-0.25, -0.2) is 4.39 Å². The standard InChI is InChI=1S/C11H13FN2O2/c1-7-2-3-10(16-7)11(15)14-9-4-5-13-6-8(9)12/h4-7,10H,2-3H2,1H3,(H,13,14,15). The Labute approximate surface area is 92.8 Å². The summed E-state index contributed by atoms with van der Waals surface area (Å²) in [5, 5.41) is 2.49. The summed E-state index contributed by atoms with van der Waals surface area (Å²) in [5.74, 6) is -0.837. The van der Waals surface area contributed by atoms with Crippen LogP contribution in [0.1, 0.15) is 19.8 Å². The quantitative estimate of drug-likeness (QED) is 0.832. The number of amides is 1. The summed E-state index contributed by atoms with van der Waals surface area (Å²) < 4.78 is 18.6. The number of pyridine rings is 1. The van der Waals surface area contributed by atoms with Crippen LogP contribution in [0, 0.1) is 5.82 Å². The Balaban J connectivity index is 2.00. The lowest BCUT2D eigenvalue weighted by atomic mass is 10.2. The topological polar surface area (TPSA) is 51.2 Å². The molecule has 0 saturated carbocycles. The zero-order valence-corrected chi connectivity index (χ0v) is 8.94. The normalized spacial score (nSPS) is 24.4. The molecular formula is C11H13FN2O2. The molecule has 1 fully saturated rings. The van der Waals surface area contributed by atoms with Crippen molar-refractivity contribution in [2.24, 2.45) is 0 Å². The fraction of sp³-hybridized carbons (Fsp3) is 0.455. The predicted octanol–water partition coefficient (Wildman–Crippen LogP) is 1.73. The summed E-state index contributed by atoms with van der Waals surface area (Å²) in [5.41, 5.74) is 0.142. The zero-order chi connectivity index (χ0) is 11.5. The Morgan fingerprint density at radius 2 is 2.44 bits per heavy atom. The van der Waals surface area contributed by atoms with Gasteiger partial charge in [0.15, 0.2) is 5.82 Å². The average Bonchev–Trinajstić information content (AvgIpc) is 2.68. The SMILES string of the molecule is CC1CCC(C(=O)Nc2ccncc2F)O1. The van der Waals surface area contributed by atoms with E-state index < -0.39 is 11.9 Å². The van der Waals surface area contributed by atoms with Gasteiger partial charge in [0, 0.05) is 6.20 Å². The summed E-state index contributed by atoms with van der Waals surface area (Å²) in [6.07, 6.45) is 3.65. The molecule has 2 heterocycles. The van der Waals surface area contributed by atoms with E-state index >= 15 is 0 Å². The first-order valence-electron chi connectivity index (χ1n) is 5.22. The second kappa shape index (κ2) is 4.57. The highest BCUT2D eigenvalue weighted by atomic mass is 19.1. The van der Waals surface area contributed by atoms with Gasteiger partial charge in [0.05, 0.1) is 18.0 Å². The number of carbonyl (C=O) groups excluding carboxylic acids is 1. The average molecular weight is 224 g/mol. The number of hydrogen-bond donors (Lipinski definition) is 1. The maximum Gasteiger partial charge on any atom is 0.253 e. The number of nitrogens with zero attached hydrogens (tertiary/aromatic N) is 1. The van der Waals surface area contributed by atoms with Gasteiger partial charge in [-0.2, -0.15) is 0 Å². The minimum absolute atomic E-state index is 0.0954. The van der Waals surface area contributed by atoms with Crippen LogP contribution in [0.4, 0.5) is 10.1 Å². The molecule has 0 aromatic carbocycles. The predicted molar refractivity (Wildman–Crippen MR) is 56.4 cm³/mol. The third-order valence-corrected chi connectivity index (χ3v) is 2.55. The van der Waals surface area contributed by atoms with Gasteiger partial charge in [-0.05, 0) is 25.8 Å². The summed E-state index contributed by atoms with van der Waals surface area (Å²) >= 11 is 0. The van der Waals surface area contributed by atoms with E-state index in [0.717, 1.165) is 12.6 Å². The van der Waals surface area contributed by atoms with Crippen molar-refractivity contribution in [1.29, 1.82) is 0 Å². The molecule has 1 aromatic rings. The molecular weight excluding hydrogens is 211 g/mol. The first kappa shape index (κ1) is 11.0. The largest absolute Gasteiger partial charge is 0.365 e. The number of aromatic nitrogens is 1. The van der Waals surface area contributed by atoms with Crippen molar-refractivity contribution in [3.8, 4) is 0 Å². The van der Waals surface area contributed by atoms with Crippen molar-refractivity contribution >= 4 is 11.6 Å². The molecule has 1 saturated heterocycles. The molecule has 1 aliphatic rings. The van der Waals surface area contributed by atoms with Crippen molar-refractivity contribution in [2.45, 2.75) is 32.0 Å². The van der Waals surface area contributed by atoms with E-state index in [9.17, 15) is 9.18 Å². The Hall–Kier alpha value is -1.49. The maximum absolute atomic E-state index is 13.2. The fourth-order valence-electron chi connectivity index (χ4n) is 1.69. The van der Waals surface area contributed by atoms with Crippen LogP contribution in [0.5, 0.6) is 0 Å². The molecule has 2 rings (SSSR count). The van der Waals surface area contributed by atoms with Crippen LogP contribution >= 0.6 is 0 Å². The molecule has 86 valence electrons. The monoisotopic (exact) mass is 224 g/mol. The molecule has 0 radical (unpaired) electrons. The molecule has 5 heteroatoms. The Morgan fingerprint density at radius 1 is 1.62 bits per heavy atom. The van der Waals surface area contributed by atoms with E-state index in [2.05, 4.69) is 10.3 Å². The molecule has 2 unspecified atom stereocenters. The third kappa shape index (κ3) is 2.36. The fourth-order valence-corrected chi connectivity index (χ4v) is 1.69. The number of rotatable bonds is 2. The van der Waals surface area contributed by atoms with Crippen LogP contribution in [0.3, 0.4) is 0 Å². The van der Waals surface area contributed by atoms with Gasteiger partial charge in [-0.3, -0.25) is 9.78 Å². The molecule has 1 amide bonds. The molecule has 0 aliphatic carbocycles. The molecule has 4 nitrogen and oxygen atoms in total. The van der Waals surface area contributed by atoms with Gasteiger partial charge in [-0.1, -0.05) is 0 Å². The number of carbonyl (C=O) groups is 1. The summed E-state index contributed by atoms with van der Waals surface area (Å²) in [6.45, 7) is 1.92. The van der Waals surface area contributed by atoms with E-state index in [-0.39, 0.29) is 17.7 Å². The summed E-state index contributed by atoms with van der Waals surface area (Å²) in [7, 11) is 0. The number of anilines is 1. The first-order valence-corrected chi connectivity index (χ1v) is 5.22. The molecule has 1 N–H and O–H groups in total. The van der Waals surface area contributed by atoms with Crippen LogP contribution in [-0.2, 0) is 9.53 Å². The minimum Gasteiger partial charge on any atom is -0.365 e. The van der Waals surface area contributed by atoms with Crippen molar-refractivity contribution in [1.82, 2.24) is 4.98 Å². The van der Waals surface area contributed by atoms with Crippen LogP contribution in [0.2, 0.25) is 0 Å². The number of nitrogens with one attached hydrogen (secondary N) is 1. The molecule has 0 bridgehead atoms. The van der Waals surface area contributed by atoms with E-state index in [0.29, 0.717) is 6.42 Å². The first-order chi connectivity index (χ1) is 7.66. The minimum atomic E-state index is -0.540. The van der Waals surface area contributed by atoms with Crippen LogP contribution in [0.25, 0.3) is 0 Å². The van der Waals surface area contributed by atoms with E-state index in [4.69, 9.17) is 4.74 Å². The Bertz CT molecular complexity index is 397. The van der Waals surface area contributed by atoms with Crippen LogP contribution in [-0.4, -0.2) is 23.1 Å². The van der Waals surface area contributed by atoms with Crippen LogP contribution < -0.4 is 5.32 Å². The van der Waals surface area contributed by atoms with Crippen LogP contribution in [0.15, 0.2) is 18.5 Å². The van der Waals surface area contributed by atoms with Gasteiger partial charge < -0.3 is 10.1 Å². The zero-order valence-electron chi connectivity index (χ0n) is 8.94. The Morgan fingerprint density at radius 3 is 3.06 bits per heavy atom. The highest BCUT2D eigenvalue weighted by Crippen LogP contribution is 2.21. The molecule has 16 heavy (non-hydrogen) atoms. The second-order valence-electron chi connectivity index (χ2n) is 3.86. The lowest BCUT2D eigenvalue weighted by molar-refractivity contribution is -0.126. The number of hydrogen-bond acceptors (Lipinski definition) is 3. The lowest BCUT2D eigenvalue weighted by Gasteiger charge is -2.11. The van der Waals surface area contributed by atoms with Crippen molar-refractivity contribution in [3.05, 3.63) is 24.3 Å². The van der Waals surface area contributed by atoms with Crippen molar-refractivity contribution < 1.29 is 13.9 Å². The smallest absolute Gasteiger partial charge is 0.253 e. The maximum atomic E-state index is 13.2. The lowest BCUT2D eigenvalue weighted by Crippen LogP contribution is -2.28. The van der Waals surface area contributed by atoms with Gasteiger partial charge in [-0.15, -0.1) is 0 Å². The van der Waals surface area contributed by atoms with Gasteiger partial charge in [0.1, 0.15) is 6.10 Å². The highest BCUT2D eigenvalue weighted by Gasteiger charge is 2.28. The van der Waals surface area contributed by atoms with E-state index in [1.807, 2.05) is 6.92 Å².